The lowest BCUT2D eigenvalue weighted by molar-refractivity contribution is -0.385. The summed E-state index contributed by atoms with van der Waals surface area (Å²) in [4.78, 5) is 9.97. The quantitative estimate of drug-likeness (QED) is 0.648. The summed E-state index contributed by atoms with van der Waals surface area (Å²) in [6.07, 6.45) is 0. The molecule has 84 valence electrons. The van der Waals surface area contributed by atoms with Gasteiger partial charge in [0.05, 0.1) is 9.40 Å². The third-order valence-corrected chi connectivity index (χ3v) is 2.38. The van der Waals surface area contributed by atoms with Gasteiger partial charge in [0.25, 0.3) is 5.69 Å². The molecule has 0 unspecified atom stereocenters. The van der Waals surface area contributed by atoms with Crippen molar-refractivity contribution in [2.24, 2.45) is 5.73 Å². The number of nitrogens with zero attached hydrogens (tertiary/aromatic N) is 1. The van der Waals surface area contributed by atoms with Crippen molar-refractivity contribution in [1.82, 2.24) is 0 Å². The van der Waals surface area contributed by atoms with Gasteiger partial charge in [0.15, 0.2) is 0 Å². The minimum absolute atomic E-state index is 0. The average Bonchev–Trinajstić information content (AvgIpc) is 2.08. The highest BCUT2D eigenvalue weighted by molar-refractivity contribution is 9.10. The molecule has 1 aromatic carbocycles. The Hall–Kier alpha value is -0.850. The molecule has 0 aliphatic rings. The van der Waals surface area contributed by atoms with E-state index in [0.29, 0.717) is 5.56 Å². The van der Waals surface area contributed by atoms with E-state index in [1.165, 1.54) is 12.1 Å². The predicted octanol–water partition coefficient (Wildman–Crippen LogP) is 2.50. The molecule has 3 N–H and O–H groups in total. The molecule has 0 radical (unpaired) electrons. The Morgan fingerprint density at radius 2 is 2.13 bits per heavy atom. The van der Waals surface area contributed by atoms with Crippen LogP contribution in [0.25, 0.3) is 0 Å². The number of nitro benzene ring substituents is 1. The fourth-order valence-electron chi connectivity index (χ4n) is 1.06. The highest BCUT2D eigenvalue weighted by Gasteiger charge is 2.16. The minimum atomic E-state index is -0.532. The number of halogens is 2. The first kappa shape index (κ1) is 14.2. The Labute approximate surface area is 101 Å². The maximum Gasteiger partial charge on any atom is 0.271 e. The number of hydrogen-bond donors (Lipinski definition) is 2. The van der Waals surface area contributed by atoms with E-state index in [2.05, 4.69) is 15.9 Å². The summed E-state index contributed by atoms with van der Waals surface area (Å²) >= 11 is 3.02. The van der Waals surface area contributed by atoms with Crippen LogP contribution in [0.5, 0.6) is 5.75 Å². The van der Waals surface area contributed by atoms with Gasteiger partial charge in [-0.05, 0) is 22.9 Å². The Bertz CT molecular complexity index is 384. The lowest BCUT2D eigenvalue weighted by atomic mass is 10.1. The Morgan fingerprint density at radius 3 is 2.53 bits per heavy atom. The second-order valence-corrected chi connectivity index (χ2v) is 3.77. The van der Waals surface area contributed by atoms with Crippen molar-refractivity contribution < 1.29 is 10.0 Å². The van der Waals surface area contributed by atoms with Gasteiger partial charge in [-0.15, -0.1) is 12.4 Å². The summed E-state index contributed by atoms with van der Waals surface area (Å²) < 4.78 is 0.277. The number of rotatable bonds is 2. The van der Waals surface area contributed by atoms with Crippen molar-refractivity contribution in [2.45, 2.75) is 13.0 Å². The highest BCUT2D eigenvalue weighted by Crippen LogP contribution is 2.34. The Kier molecular flexibility index (Phi) is 4.99. The van der Waals surface area contributed by atoms with Crippen molar-refractivity contribution in [3.05, 3.63) is 32.3 Å². The van der Waals surface area contributed by atoms with E-state index in [0.717, 1.165) is 0 Å². The molecule has 5 nitrogen and oxygen atoms in total. The van der Waals surface area contributed by atoms with Crippen LogP contribution >= 0.6 is 28.3 Å². The third kappa shape index (κ3) is 3.05. The van der Waals surface area contributed by atoms with Gasteiger partial charge in [-0.25, -0.2) is 0 Å². The zero-order valence-electron chi connectivity index (χ0n) is 7.81. The van der Waals surface area contributed by atoms with Crippen molar-refractivity contribution in [3.8, 4) is 5.75 Å². The molecule has 0 saturated carbocycles. The van der Waals surface area contributed by atoms with Gasteiger partial charge >= 0.3 is 0 Å². The molecule has 0 bridgehead atoms. The summed E-state index contributed by atoms with van der Waals surface area (Å²) in [5.41, 5.74) is 5.81. The van der Waals surface area contributed by atoms with Crippen molar-refractivity contribution in [3.63, 3.8) is 0 Å². The molecular weight excluding hydrogens is 287 g/mol. The van der Waals surface area contributed by atoms with Crippen molar-refractivity contribution in [1.29, 1.82) is 0 Å². The maximum absolute atomic E-state index is 10.5. The summed E-state index contributed by atoms with van der Waals surface area (Å²) in [6, 6.07) is 2.05. The minimum Gasteiger partial charge on any atom is -0.506 e. The van der Waals surface area contributed by atoms with E-state index in [-0.39, 0.29) is 28.3 Å². The molecule has 15 heavy (non-hydrogen) atoms. The zero-order chi connectivity index (χ0) is 10.9. The van der Waals surface area contributed by atoms with Crippen LogP contribution < -0.4 is 5.73 Å². The fraction of sp³-hybridized carbons (Fsp3) is 0.250. The summed E-state index contributed by atoms with van der Waals surface area (Å²) in [7, 11) is 0. The molecule has 0 aliphatic carbocycles. The number of benzene rings is 1. The molecule has 0 fully saturated rings. The molecule has 1 atom stereocenters. The van der Waals surface area contributed by atoms with Crippen LogP contribution in [-0.4, -0.2) is 10.0 Å². The van der Waals surface area contributed by atoms with Crippen LogP contribution in [0.4, 0.5) is 5.69 Å². The van der Waals surface area contributed by atoms with Gasteiger partial charge in [0, 0.05) is 23.7 Å². The number of nitrogens with two attached hydrogens (primary N) is 1. The third-order valence-electron chi connectivity index (χ3n) is 1.78. The van der Waals surface area contributed by atoms with E-state index in [4.69, 9.17) is 5.73 Å². The summed E-state index contributed by atoms with van der Waals surface area (Å²) in [5.74, 6) is -0.0504. The molecule has 0 heterocycles. The van der Waals surface area contributed by atoms with Gasteiger partial charge in [0.2, 0.25) is 0 Å². The van der Waals surface area contributed by atoms with E-state index >= 15 is 0 Å². The van der Waals surface area contributed by atoms with Gasteiger partial charge in [-0.2, -0.15) is 0 Å². The van der Waals surface area contributed by atoms with Crippen LogP contribution in [0.15, 0.2) is 16.6 Å². The van der Waals surface area contributed by atoms with Crippen LogP contribution in [0, 0.1) is 10.1 Å². The van der Waals surface area contributed by atoms with Gasteiger partial charge in [-0.1, -0.05) is 0 Å². The molecule has 1 rings (SSSR count). The fourth-order valence-corrected chi connectivity index (χ4v) is 1.52. The molecule has 0 aliphatic heterocycles. The lowest BCUT2D eigenvalue weighted by Crippen LogP contribution is -2.06. The number of phenolic OH excluding ortho intramolecular Hbond substituents is 1. The average molecular weight is 298 g/mol. The normalized spacial score (nSPS) is 11.7. The molecule has 1 aromatic rings. The second-order valence-electron chi connectivity index (χ2n) is 2.91. The molecule has 0 aromatic heterocycles. The SMILES string of the molecule is C[C@@H](N)c1cc([N+](=O)[O-])cc(Br)c1O.Cl. The van der Waals surface area contributed by atoms with Gasteiger partial charge in [0.1, 0.15) is 5.75 Å². The van der Waals surface area contributed by atoms with Gasteiger partial charge < -0.3 is 10.8 Å². The number of hydrogen-bond acceptors (Lipinski definition) is 4. The number of phenols is 1. The first-order chi connectivity index (χ1) is 6.43. The maximum atomic E-state index is 10.5. The molecule has 0 saturated heterocycles. The number of non-ortho nitro benzene ring substituents is 1. The summed E-state index contributed by atoms with van der Waals surface area (Å²) in [6.45, 7) is 1.64. The first-order valence-corrected chi connectivity index (χ1v) is 4.65. The Balaban J connectivity index is 0.00000196. The smallest absolute Gasteiger partial charge is 0.271 e. The van der Waals surface area contributed by atoms with E-state index in [1.54, 1.807) is 6.92 Å². The summed E-state index contributed by atoms with van der Waals surface area (Å²) in [5, 5.41) is 20.0. The molecule has 0 spiro atoms. The largest absolute Gasteiger partial charge is 0.506 e. The van der Waals surface area contributed by atoms with Gasteiger partial charge in [-0.3, -0.25) is 10.1 Å². The van der Waals surface area contributed by atoms with E-state index < -0.39 is 11.0 Å². The monoisotopic (exact) mass is 296 g/mol. The van der Waals surface area contributed by atoms with E-state index in [9.17, 15) is 15.2 Å². The molecular formula is C8H10BrClN2O3. The van der Waals surface area contributed by atoms with E-state index in [1.807, 2.05) is 0 Å². The van der Waals surface area contributed by atoms with Crippen LogP contribution in [0.2, 0.25) is 0 Å². The van der Waals surface area contributed by atoms with Crippen molar-refractivity contribution >= 4 is 34.0 Å². The predicted molar refractivity (Wildman–Crippen MR) is 62.3 cm³/mol. The van der Waals surface area contributed by atoms with Crippen molar-refractivity contribution in [2.75, 3.05) is 0 Å². The standard InChI is InChI=1S/C8H9BrN2O3.ClH/c1-4(10)6-2-5(11(13)14)3-7(9)8(6)12;/h2-4,12H,10H2,1H3;1H/t4-;/m1./s1. The topological polar surface area (TPSA) is 89.4 Å². The highest BCUT2D eigenvalue weighted by atomic mass is 79.9. The Morgan fingerprint density at radius 1 is 1.60 bits per heavy atom. The van der Waals surface area contributed by atoms with Crippen LogP contribution in [0.1, 0.15) is 18.5 Å². The zero-order valence-corrected chi connectivity index (χ0v) is 10.2. The van der Waals surface area contributed by atoms with Crippen LogP contribution in [-0.2, 0) is 0 Å². The lowest BCUT2D eigenvalue weighted by Gasteiger charge is -2.09. The molecule has 0 amide bonds. The van der Waals surface area contributed by atoms with Crippen LogP contribution in [0.3, 0.4) is 0 Å². The number of aromatic hydroxyl groups is 1. The second kappa shape index (κ2) is 5.29. The number of nitro groups is 1. The molecule has 7 heteroatoms. The first-order valence-electron chi connectivity index (χ1n) is 3.86.